The Bertz CT molecular complexity index is 604. The average molecular weight is 261 g/mol. The lowest BCUT2D eigenvalue weighted by Crippen LogP contribution is -2.04. The van der Waals surface area contributed by atoms with E-state index in [9.17, 15) is 4.79 Å². The first-order valence-corrected chi connectivity index (χ1v) is 6.50. The number of rotatable bonds is 1. The van der Waals surface area contributed by atoms with Crippen molar-refractivity contribution in [1.82, 2.24) is 9.78 Å². The zero-order valence-corrected chi connectivity index (χ0v) is 10.7. The van der Waals surface area contributed by atoms with E-state index in [1.165, 1.54) is 0 Å². The first kappa shape index (κ1) is 11.5. The predicted molar refractivity (Wildman–Crippen MR) is 70.5 cm³/mol. The summed E-state index contributed by atoms with van der Waals surface area (Å²) in [6.45, 7) is 0. The number of ketones is 1. The van der Waals surface area contributed by atoms with Crippen LogP contribution in [-0.2, 0) is 6.42 Å². The molecule has 3 nitrogen and oxygen atoms in total. The number of Topliss-reactive ketones (excluding diaryl/α,β-unsaturated/α-hetero) is 1. The van der Waals surface area contributed by atoms with Gasteiger partial charge in [-0.3, -0.25) is 4.79 Å². The standard InChI is InChI=1S/C14H13ClN2O/c15-11-5-1-2-7-13(11)17-12-6-3-4-8-14(18)10(12)9-16-17/h1-2,5,7,9H,3-4,6,8H2. The van der Waals surface area contributed by atoms with Crippen LogP contribution >= 0.6 is 11.6 Å². The number of nitrogens with zero attached hydrogens (tertiary/aromatic N) is 2. The molecule has 0 fully saturated rings. The number of hydrogen-bond acceptors (Lipinski definition) is 2. The van der Waals surface area contributed by atoms with Crippen LogP contribution in [-0.4, -0.2) is 15.6 Å². The Morgan fingerprint density at radius 2 is 1.94 bits per heavy atom. The van der Waals surface area contributed by atoms with Crippen LogP contribution in [0.15, 0.2) is 30.5 Å². The molecule has 0 N–H and O–H groups in total. The van der Waals surface area contributed by atoms with Gasteiger partial charge in [-0.15, -0.1) is 0 Å². The molecular formula is C14H13ClN2O. The summed E-state index contributed by atoms with van der Waals surface area (Å²) in [5.74, 6) is 0.195. The second kappa shape index (κ2) is 4.58. The largest absolute Gasteiger partial charge is 0.294 e. The number of benzene rings is 1. The van der Waals surface area contributed by atoms with Crippen LogP contribution in [0, 0.1) is 0 Å². The third-order valence-electron chi connectivity index (χ3n) is 3.32. The Morgan fingerprint density at radius 1 is 1.17 bits per heavy atom. The van der Waals surface area contributed by atoms with Gasteiger partial charge in [-0.2, -0.15) is 5.10 Å². The molecule has 0 saturated carbocycles. The van der Waals surface area contributed by atoms with Crippen LogP contribution in [0.5, 0.6) is 0 Å². The molecule has 4 heteroatoms. The van der Waals surface area contributed by atoms with E-state index in [4.69, 9.17) is 11.6 Å². The fourth-order valence-electron chi connectivity index (χ4n) is 2.39. The Balaban J connectivity index is 2.15. The van der Waals surface area contributed by atoms with Crippen LogP contribution in [0.4, 0.5) is 0 Å². The summed E-state index contributed by atoms with van der Waals surface area (Å²) < 4.78 is 1.81. The van der Waals surface area contributed by atoms with Gasteiger partial charge >= 0.3 is 0 Å². The van der Waals surface area contributed by atoms with Crippen LogP contribution in [0.3, 0.4) is 0 Å². The molecule has 0 unspecified atom stereocenters. The molecule has 0 saturated heterocycles. The van der Waals surface area contributed by atoms with E-state index in [2.05, 4.69) is 5.10 Å². The summed E-state index contributed by atoms with van der Waals surface area (Å²) in [6, 6.07) is 7.57. The van der Waals surface area contributed by atoms with Gasteiger partial charge < -0.3 is 0 Å². The van der Waals surface area contributed by atoms with Gasteiger partial charge in [0, 0.05) is 6.42 Å². The Hall–Kier alpha value is -1.61. The highest BCUT2D eigenvalue weighted by atomic mass is 35.5. The van der Waals surface area contributed by atoms with Gasteiger partial charge in [-0.05, 0) is 31.4 Å². The number of fused-ring (bicyclic) bond motifs is 1. The second-order valence-electron chi connectivity index (χ2n) is 4.50. The summed E-state index contributed by atoms with van der Waals surface area (Å²) in [7, 11) is 0. The third kappa shape index (κ3) is 1.85. The zero-order chi connectivity index (χ0) is 12.5. The second-order valence-corrected chi connectivity index (χ2v) is 4.91. The lowest BCUT2D eigenvalue weighted by Gasteiger charge is -2.08. The van der Waals surface area contributed by atoms with Crippen LogP contribution in [0.1, 0.15) is 35.3 Å². The van der Waals surface area contributed by atoms with Crippen molar-refractivity contribution in [2.24, 2.45) is 0 Å². The van der Waals surface area contributed by atoms with Crippen molar-refractivity contribution >= 4 is 17.4 Å². The Kier molecular flexibility index (Phi) is 2.92. The minimum atomic E-state index is 0.195. The molecule has 0 spiro atoms. The van der Waals surface area contributed by atoms with Gasteiger partial charge in [-0.1, -0.05) is 23.7 Å². The molecule has 2 aromatic rings. The minimum absolute atomic E-state index is 0.195. The monoisotopic (exact) mass is 260 g/mol. The molecule has 92 valence electrons. The lowest BCUT2D eigenvalue weighted by molar-refractivity contribution is 0.0982. The molecular weight excluding hydrogens is 248 g/mol. The van der Waals surface area contributed by atoms with Gasteiger partial charge in [0.25, 0.3) is 0 Å². The number of carbonyl (C=O) groups is 1. The van der Waals surface area contributed by atoms with E-state index in [0.717, 1.165) is 36.2 Å². The first-order chi connectivity index (χ1) is 8.77. The molecule has 0 bridgehead atoms. The number of para-hydroxylation sites is 1. The van der Waals surface area contributed by atoms with Crippen molar-refractivity contribution in [2.45, 2.75) is 25.7 Å². The Morgan fingerprint density at radius 3 is 2.78 bits per heavy atom. The molecule has 1 aromatic heterocycles. The van der Waals surface area contributed by atoms with Crippen molar-refractivity contribution in [3.05, 3.63) is 46.7 Å². The third-order valence-corrected chi connectivity index (χ3v) is 3.64. The number of halogens is 1. The number of hydrogen-bond donors (Lipinski definition) is 0. The van der Waals surface area contributed by atoms with Gasteiger partial charge in [0.15, 0.2) is 5.78 Å². The SMILES string of the molecule is O=C1CCCCc2c1cnn2-c1ccccc1Cl. The van der Waals surface area contributed by atoms with Crippen molar-refractivity contribution in [3.63, 3.8) is 0 Å². The van der Waals surface area contributed by atoms with E-state index in [0.29, 0.717) is 11.4 Å². The lowest BCUT2D eigenvalue weighted by atomic mass is 10.1. The molecule has 1 aliphatic rings. The quantitative estimate of drug-likeness (QED) is 0.737. The van der Waals surface area contributed by atoms with Gasteiger partial charge in [0.2, 0.25) is 0 Å². The summed E-state index contributed by atoms with van der Waals surface area (Å²) >= 11 is 6.19. The molecule has 1 aliphatic carbocycles. The highest BCUT2D eigenvalue weighted by Crippen LogP contribution is 2.26. The molecule has 0 atom stereocenters. The maximum Gasteiger partial charge on any atom is 0.166 e. The fraction of sp³-hybridized carbons (Fsp3) is 0.286. The van der Waals surface area contributed by atoms with E-state index in [-0.39, 0.29) is 5.78 Å². The summed E-state index contributed by atoms with van der Waals surface area (Å²) in [6.07, 6.45) is 5.16. The first-order valence-electron chi connectivity index (χ1n) is 6.12. The summed E-state index contributed by atoms with van der Waals surface area (Å²) in [5.41, 5.74) is 2.59. The predicted octanol–water partition coefficient (Wildman–Crippen LogP) is 3.43. The molecule has 0 aliphatic heterocycles. The minimum Gasteiger partial charge on any atom is -0.294 e. The zero-order valence-electron chi connectivity index (χ0n) is 9.90. The van der Waals surface area contributed by atoms with Crippen LogP contribution in [0.25, 0.3) is 5.69 Å². The van der Waals surface area contributed by atoms with Gasteiger partial charge in [0.1, 0.15) is 0 Å². The van der Waals surface area contributed by atoms with Crippen molar-refractivity contribution in [2.75, 3.05) is 0 Å². The fourth-order valence-corrected chi connectivity index (χ4v) is 2.61. The topological polar surface area (TPSA) is 34.9 Å². The molecule has 1 heterocycles. The van der Waals surface area contributed by atoms with Crippen molar-refractivity contribution in [3.8, 4) is 5.69 Å². The molecule has 3 rings (SSSR count). The van der Waals surface area contributed by atoms with E-state index in [1.807, 2.05) is 24.3 Å². The van der Waals surface area contributed by atoms with Gasteiger partial charge in [-0.25, -0.2) is 4.68 Å². The van der Waals surface area contributed by atoms with Gasteiger partial charge in [0.05, 0.1) is 28.2 Å². The van der Waals surface area contributed by atoms with Crippen molar-refractivity contribution < 1.29 is 4.79 Å². The number of carbonyl (C=O) groups excluding carboxylic acids is 1. The molecule has 0 amide bonds. The normalized spacial score (nSPS) is 15.3. The maximum atomic E-state index is 11.9. The molecule has 0 radical (unpaired) electrons. The highest BCUT2D eigenvalue weighted by molar-refractivity contribution is 6.32. The molecule has 1 aromatic carbocycles. The Labute approximate surface area is 110 Å². The smallest absolute Gasteiger partial charge is 0.166 e. The maximum absolute atomic E-state index is 11.9. The highest BCUT2D eigenvalue weighted by Gasteiger charge is 2.21. The van der Waals surface area contributed by atoms with Crippen molar-refractivity contribution in [1.29, 1.82) is 0 Å². The van der Waals surface area contributed by atoms with E-state index in [1.54, 1.807) is 10.9 Å². The van der Waals surface area contributed by atoms with E-state index < -0.39 is 0 Å². The van der Waals surface area contributed by atoms with E-state index >= 15 is 0 Å². The summed E-state index contributed by atoms with van der Waals surface area (Å²) in [4.78, 5) is 11.9. The summed E-state index contributed by atoms with van der Waals surface area (Å²) in [5, 5.41) is 4.99. The van der Waals surface area contributed by atoms with Crippen LogP contribution < -0.4 is 0 Å². The van der Waals surface area contributed by atoms with Crippen LogP contribution in [0.2, 0.25) is 5.02 Å². The average Bonchev–Trinajstić information content (AvgIpc) is 2.70. The number of aromatic nitrogens is 2. The molecule has 18 heavy (non-hydrogen) atoms.